The second kappa shape index (κ2) is 6.38. The summed E-state index contributed by atoms with van der Waals surface area (Å²) in [5.41, 5.74) is 1.71. The zero-order valence-corrected chi connectivity index (χ0v) is 12.2. The summed E-state index contributed by atoms with van der Waals surface area (Å²) in [6.07, 6.45) is 1.61. The Hall–Kier alpha value is -2.08. The molecule has 0 bridgehead atoms. The van der Waals surface area contributed by atoms with Crippen LogP contribution in [-0.2, 0) is 6.42 Å². The summed E-state index contributed by atoms with van der Waals surface area (Å²) in [5, 5.41) is 6.73. The molecule has 1 N–H and O–H groups in total. The van der Waals surface area contributed by atoms with E-state index in [4.69, 9.17) is 0 Å². The van der Waals surface area contributed by atoms with Crippen LogP contribution in [0, 0.1) is 0 Å². The van der Waals surface area contributed by atoms with Crippen LogP contribution in [0.3, 0.4) is 0 Å². The van der Waals surface area contributed by atoms with Gasteiger partial charge in [0.2, 0.25) is 0 Å². The predicted molar refractivity (Wildman–Crippen MR) is 78.3 cm³/mol. The number of Topliss-reactive ketones (excluding diaryl/α,β-unsaturated/α-hetero) is 1. The first-order valence-corrected chi connectivity index (χ1v) is 7.13. The van der Waals surface area contributed by atoms with Crippen LogP contribution >= 0.6 is 11.5 Å². The van der Waals surface area contributed by atoms with Crippen LogP contribution in [-0.4, -0.2) is 21.3 Å². The Bertz CT molecular complexity index is 637. The second-order valence-electron chi connectivity index (χ2n) is 4.35. The van der Waals surface area contributed by atoms with Gasteiger partial charge in [-0.25, -0.2) is 0 Å². The number of nitrogens with one attached hydrogen (secondary N) is 1. The van der Waals surface area contributed by atoms with Crippen LogP contribution in [0.25, 0.3) is 0 Å². The maximum absolute atomic E-state index is 12.3. The third-order valence-corrected chi connectivity index (χ3v) is 3.57. The Balaban J connectivity index is 2.24. The minimum Gasteiger partial charge on any atom is -0.320 e. The lowest BCUT2D eigenvalue weighted by Crippen LogP contribution is -2.14. The number of hydrogen-bond acceptors (Lipinski definition) is 5. The van der Waals surface area contributed by atoms with Crippen molar-refractivity contribution in [3.05, 3.63) is 40.4 Å². The molecule has 6 heteroatoms. The van der Waals surface area contributed by atoms with Gasteiger partial charge in [0.25, 0.3) is 5.91 Å². The molecule has 0 saturated heterocycles. The molecule has 2 aromatic rings. The number of rotatable bonds is 5. The molecule has 1 amide bonds. The fourth-order valence-electron chi connectivity index (χ4n) is 1.86. The number of anilines is 1. The maximum atomic E-state index is 12.3. The molecule has 0 aliphatic heterocycles. The molecule has 0 fully saturated rings. The van der Waals surface area contributed by atoms with E-state index in [1.54, 1.807) is 24.3 Å². The number of nitrogens with zero attached hydrogens (tertiary/aromatic N) is 2. The highest BCUT2D eigenvalue weighted by Crippen LogP contribution is 2.19. The molecule has 0 radical (unpaired) electrons. The molecular formula is C14H15N3O2S. The minimum atomic E-state index is -0.267. The molecule has 1 aromatic heterocycles. The zero-order valence-electron chi connectivity index (χ0n) is 11.3. The second-order valence-corrected chi connectivity index (χ2v) is 5.11. The van der Waals surface area contributed by atoms with Crippen LogP contribution in [0.2, 0.25) is 0 Å². The van der Waals surface area contributed by atoms with Crippen molar-refractivity contribution in [2.75, 3.05) is 5.32 Å². The molecule has 2 rings (SSSR count). The number of aromatic nitrogens is 2. The van der Waals surface area contributed by atoms with Crippen molar-refractivity contribution >= 4 is 28.9 Å². The first-order valence-electron chi connectivity index (χ1n) is 6.36. The quantitative estimate of drug-likeness (QED) is 0.859. The number of carbonyl (C=O) groups is 2. The molecule has 1 heterocycles. The number of hydrogen-bond donors (Lipinski definition) is 1. The molecule has 0 aliphatic carbocycles. The summed E-state index contributed by atoms with van der Waals surface area (Å²) in [6, 6.07) is 6.95. The van der Waals surface area contributed by atoms with Crippen LogP contribution in [0.1, 0.15) is 46.0 Å². The monoisotopic (exact) mass is 289 g/mol. The first kappa shape index (κ1) is 14.3. The van der Waals surface area contributed by atoms with E-state index < -0.39 is 0 Å². The van der Waals surface area contributed by atoms with Gasteiger partial charge < -0.3 is 5.32 Å². The molecule has 1 aromatic carbocycles. The Morgan fingerprint density at radius 3 is 2.75 bits per heavy atom. The SMILES string of the molecule is CCCc1nnsc1C(=O)Nc1ccccc1C(C)=O. The lowest BCUT2D eigenvalue weighted by Gasteiger charge is -2.08. The predicted octanol–water partition coefficient (Wildman–Crippen LogP) is 2.95. The minimum absolute atomic E-state index is 0.0860. The van der Waals surface area contributed by atoms with E-state index >= 15 is 0 Å². The summed E-state index contributed by atoms with van der Waals surface area (Å²) in [7, 11) is 0. The van der Waals surface area contributed by atoms with Gasteiger partial charge in [-0.1, -0.05) is 30.0 Å². The molecule has 0 unspecified atom stereocenters. The van der Waals surface area contributed by atoms with Crippen LogP contribution < -0.4 is 5.32 Å². The first-order chi connectivity index (χ1) is 9.63. The normalized spacial score (nSPS) is 10.3. The van der Waals surface area contributed by atoms with Gasteiger partial charge in [-0.3, -0.25) is 9.59 Å². The van der Waals surface area contributed by atoms with Crippen molar-refractivity contribution in [2.45, 2.75) is 26.7 Å². The van der Waals surface area contributed by atoms with Crippen LogP contribution in [0.5, 0.6) is 0 Å². The average Bonchev–Trinajstić information content (AvgIpc) is 2.88. The number of ketones is 1. The maximum Gasteiger partial charge on any atom is 0.269 e. The van der Waals surface area contributed by atoms with Gasteiger partial charge in [-0.2, -0.15) is 0 Å². The highest BCUT2D eigenvalue weighted by Gasteiger charge is 2.17. The van der Waals surface area contributed by atoms with Crippen molar-refractivity contribution in [1.82, 2.24) is 9.59 Å². The van der Waals surface area contributed by atoms with Gasteiger partial charge in [0.15, 0.2) is 5.78 Å². The number of para-hydroxylation sites is 1. The van der Waals surface area contributed by atoms with E-state index in [0.717, 1.165) is 18.0 Å². The average molecular weight is 289 g/mol. The van der Waals surface area contributed by atoms with Crippen molar-refractivity contribution in [3.63, 3.8) is 0 Å². The topological polar surface area (TPSA) is 72.0 Å². The third-order valence-electron chi connectivity index (χ3n) is 2.80. The summed E-state index contributed by atoms with van der Waals surface area (Å²) in [4.78, 5) is 24.3. The summed E-state index contributed by atoms with van der Waals surface area (Å²) >= 11 is 1.07. The molecule has 0 aliphatic rings. The molecule has 20 heavy (non-hydrogen) atoms. The molecule has 5 nitrogen and oxygen atoms in total. The lowest BCUT2D eigenvalue weighted by atomic mass is 10.1. The van der Waals surface area contributed by atoms with Gasteiger partial charge in [-0.05, 0) is 37.0 Å². The van der Waals surface area contributed by atoms with E-state index in [0.29, 0.717) is 28.2 Å². The van der Waals surface area contributed by atoms with Gasteiger partial charge >= 0.3 is 0 Å². The third kappa shape index (κ3) is 3.08. The van der Waals surface area contributed by atoms with E-state index in [1.165, 1.54) is 6.92 Å². The zero-order chi connectivity index (χ0) is 14.5. The number of amides is 1. The fourth-order valence-corrected chi connectivity index (χ4v) is 2.46. The van der Waals surface area contributed by atoms with E-state index in [1.807, 2.05) is 6.92 Å². The number of carbonyl (C=O) groups excluding carboxylic acids is 2. The number of benzene rings is 1. The Morgan fingerprint density at radius 1 is 1.30 bits per heavy atom. The Morgan fingerprint density at radius 2 is 2.05 bits per heavy atom. The molecule has 0 atom stereocenters. The molecule has 0 saturated carbocycles. The van der Waals surface area contributed by atoms with Gasteiger partial charge in [0.1, 0.15) is 4.88 Å². The highest BCUT2D eigenvalue weighted by atomic mass is 32.1. The molecular weight excluding hydrogens is 274 g/mol. The Kier molecular flexibility index (Phi) is 4.57. The van der Waals surface area contributed by atoms with Crippen molar-refractivity contribution in [3.8, 4) is 0 Å². The van der Waals surface area contributed by atoms with Crippen LogP contribution in [0.4, 0.5) is 5.69 Å². The van der Waals surface area contributed by atoms with Crippen molar-refractivity contribution in [2.24, 2.45) is 0 Å². The van der Waals surface area contributed by atoms with Gasteiger partial charge in [0.05, 0.1) is 11.4 Å². The van der Waals surface area contributed by atoms with Crippen LogP contribution in [0.15, 0.2) is 24.3 Å². The van der Waals surface area contributed by atoms with E-state index in [9.17, 15) is 9.59 Å². The van der Waals surface area contributed by atoms with Gasteiger partial charge in [-0.15, -0.1) is 5.10 Å². The summed E-state index contributed by atoms with van der Waals surface area (Å²) in [6.45, 7) is 3.49. The van der Waals surface area contributed by atoms with E-state index in [-0.39, 0.29) is 11.7 Å². The largest absolute Gasteiger partial charge is 0.320 e. The van der Waals surface area contributed by atoms with Crippen molar-refractivity contribution < 1.29 is 9.59 Å². The molecule has 0 spiro atoms. The number of aryl methyl sites for hydroxylation is 1. The summed E-state index contributed by atoms with van der Waals surface area (Å²) < 4.78 is 3.82. The standard InChI is InChI=1S/C14H15N3O2S/c1-3-6-12-13(20-17-16-12)14(19)15-11-8-5-4-7-10(11)9(2)18/h4-5,7-8H,3,6H2,1-2H3,(H,15,19). The fraction of sp³-hybridized carbons (Fsp3) is 0.286. The van der Waals surface area contributed by atoms with Gasteiger partial charge in [0, 0.05) is 5.56 Å². The Labute approximate surface area is 121 Å². The highest BCUT2D eigenvalue weighted by molar-refractivity contribution is 7.08. The smallest absolute Gasteiger partial charge is 0.269 e. The molecule has 104 valence electrons. The van der Waals surface area contributed by atoms with E-state index in [2.05, 4.69) is 14.9 Å². The lowest BCUT2D eigenvalue weighted by molar-refractivity contribution is 0.101. The van der Waals surface area contributed by atoms with Crippen molar-refractivity contribution in [1.29, 1.82) is 0 Å². The summed E-state index contributed by atoms with van der Waals surface area (Å²) in [5.74, 6) is -0.353.